The molecule has 0 heterocycles. The monoisotopic (exact) mass is 224 g/mol. The molecule has 1 rings (SSSR count). The maximum absolute atomic E-state index is 11.7. The Morgan fingerprint density at radius 1 is 1.38 bits per heavy atom. The Labute approximate surface area is 94.5 Å². The van der Waals surface area contributed by atoms with E-state index in [2.05, 4.69) is 0 Å². The van der Waals surface area contributed by atoms with Crippen LogP contribution in [0.1, 0.15) is 12.5 Å². The van der Waals surface area contributed by atoms with Crippen LogP contribution >= 0.6 is 0 Å². The first-order valence-electron chi connectivity index (χ1n) is 5.09. The highest BCUT2D eigenvalue weighted by molar-refractivity contribution is 5.88. The molecule has 0 saturated carbocycles. The molecule has 4 heteroatoms. The van der Waals surface area contributed by atoms with Gasteiger partial charge in [-0.25, -0.2) is 0 Å². The van der Waals surface area contributed by atoms with Gasteiger partial charge in [-0.15, -0.1) is 0 Å². The van der Waals surface area contributed by atoms with Crippen molar-refractivity contribution < 1.29 is 19.7 Å². The van der Waals surface area contributed by atoms with Crippen molar-refractivity contribution in [2.45, 2.75) is 12.5 Å². The number of Topliss-reactive ketones (excluding diaryl/α,β-unsaturated/α-hetero) is 1. The summed E-state index contributed by atoms with van der Waals surface area (Å²) in [6, 6.07) is 8.69. The van der Waals surface area contributed by atoms with Gasteiger partial charge in [0.2, 0.25) is 0 Å². The lowest BCUT2D eigenvalue weighted by atomic mass is 9.92. The molecule has 0 fully saturated rings. The van der Waals surface area contributed by atoms with Crippen molar-refractivity contribution in [3.8, 4) is 0 Å². The SMILES string of the molecule is CC(O)(C(=O)COCCO)c1ccccc1. The Morgan fingerprint density at radius 2 is 2.00 bits per heavy atom. The van der Waals surface area contributed by atoms with Crippen LogP contribution in [-0.2, 0) is 15.1 Å². The van der Waals surface area contributed by atoms with E-state index in [1.54, 1.807) is 24.3 Å². The molecule has 0 aromatic heterocycles. The molecule has 0 aliphatic rings. The van der Waals surface area contributed by atoms with E-state index in [0.717, 1.165) is 0 Å². The van der Waals surface area contributed by atoms with Crippen LogP contribution in [0.25, 0.3) is 0 Å². The number of benzene rings is 1. The summed E-state index contributed by atoms with van der Waals surface area (Å²) in [7, 11) is 0. The van der Waals surface area contributed by atoms with Crippen molar-refractivity contribution in [3.63, 3.8) is 0 Å². The van der Waals surface area contributed by atoms with Gasteiger partial charge in [-0.1, -0.05) is 30.3 Å². The Kier molecular flexibility index (Phi) is 4.61. The lowest BCUT2D eigenvalue weighted by Gasteiger charge is -2.22. The van der Waals surface area contributed by atoms with Crippen LogP contribution in [0.15, 0.2) is 30.3 Å². The second-order valence-electron chi connectivity index (χ2n) is 3.64. The molecule has 1 aromatic carbocycles. The zero-order valence-electron chi connectivity index (χ0n) is 9.22. The van der Waals surface area contributed by atoms with E-state index >= 15 is 0 Å². The number of aliphatic hydroxyl groups excluding tert-OH is 1. The van der Waals surface area contributed by atoms with Gasteiger partial charge in [0.25, 0.3) is 0 Å². The number of carbonyl (C=O) groups excluding carboxylic acids is 1. The van der Waals surface area contributed by atoms with Gasteiger partial charge in [-0.05, 0) is 12.5 Å². The van der Waals surface area contributed by atoms with E-state index in [4.69, 9.17) is 9.84 Å². The fraction of sp³-hybridized carbons (Fsp3) is 0.417. The fourth-order valence-corrected chi connectivity index (χ4v) is 1.29. The van der Waals surface area contributed by atoms with Crippen molar-refractivity contribution in [2.24, 2.45) is 0 Å². The van der Waals surface area contributed by atoms with Gasteiger partial charge in [0, 0.05) is 0 Å². The first kappa shape index (κ1) is 12.8. The first-order valence-corrected chi connectivity index (χ1v) is 5.09. The average Bonchev–Trinajstić information content (AvgIpc) is 2.30. The molecule has 0 spiro atoms. The van der Waals surface area contributed by atoms with E-state index in [0.29, 0.717) is 5.56 Å². The minimum absolute atomic E-state index is 0.0939. The molecule has 0 bridgehead atoms. The Bertz CT molecular complexity index is 332. The minimum Gasteiger partial charge on any atom is -0.394 e. The van der Waals surface area contributed by atoms with Gasteiger partial charge in [0.05, 0.1) is 13.2 Å². The summed E-state index contributed by atoms with van der Waals surface area (Å²) < 4.78 is 4.89. The number of hydrogen-bond acceptors (Lipinski definition) is 4. The van der Waals surface area contributed by atoms with Crippen molar-refractivity contribution >= 4 is 5.78 Å². The van der Waals surface area contributed by atoms with Crippen LogP contribution in [0, 0.1) is 0 Å². The summed E-state index contributed by atoms with van der Waals surface area (Å²) in [5, 5.41) is 18.6. The van der Waals surface area contributed by atoms with E-state index in [1.165, 1.54) is 6.92 Å². The van der Waals surface area contributed by atoms with Gasteiger partial charge >= 0.3 is 0 Å². The smallest absolute Gasteiger partial charge is 0.194 e. The van der Waals surface area contributed by atoms with Crippen molar-refractivity contribution in [1.29, 1.82) is 0 Å². The van der Waals surface area contributed by atoms with Gasteiger partial charge < -0.3 is 14.9 Å². The number of hydrogen-bond donors (Lipinski definition) is 2. The quantitative estimate of drug-likeness (QED) is 0.689. The van der Waals surface area contributed by atoms with Crippen LogP contribution in [0.5, 0.6) is 0 Å². The normalized spacial score (nSPS) is 14.4. The minimum atomic E-state index is -1.54. The zero-order valence-corrected chi connectivity index (χ0v) is 9.22. The number of rotatable bonds is 6. The maximum Gasteiger partial charge on any atom is 0.194 e. The van der Waals surface area contributed by atoms with Gasteiger partial charge in [0.15, 0.2) is 5.78 Å². The molecular weight excluding hydrogens is 208 g/mol. The predicted octanol–water partition coefficient (Wildman–Crippen LogP) is 0.472. The van der Waals surface area contributed by atoms with Gasteiger partial charge in [0.1, 0.15) is 12.2 Å². The maximum atomic E-state index is 11.7. The van der Waals surface area contributed by atoms with Crippen molar-refractivity contribution in [3.05, 3.63) is 35.9 Å². The number of ketones is 1. The Morgan fingerprint density at radius 3 is 2.56 bits per heavy atom. The molecule has 1 aromatic rings. The fourth-order valence-electron chi connectivity index (χ4n) is 1.29. The Balaban J connectivity index is 2.66. The highest BCUT2D eigenvalue weighted by atomic mass is 16.5. The van der Waals surface area contributed by atoms with Gasteiger partial charge in [-0.3, -0.25) is 4.79 Å². The predicted molar refractivity (Wildman–Crippen MR) is 58.9 cm³/mol. The van der Waals surface area contributed by atoms with E-state index in [1.807, 2.05) is 6.07 Å². The zero-order chi connectivity index (χ0) is 12.0. The molecule has 0 aliphatic carbocycles. The molecule has 0 amide bonds. The van der Waals surface area contributed by atoms with Crippen molar-refractivity contribution in [2.75, 3.05) is 19.8 Å². The van der Waals surface area contributed by atoms with Crippen LogP contribution in [0.2, 0.25) is 0 Å². The molecule has 88 valence electrons. The molecule has 1 atom stereocenters. The third kappa shape index (κ3) is 3.13. The van der Waals surface area contributed by atoms with Crippen molar-refractivity contribution in [1.82, 2.24) is 0 Å². The molecule has 4 nitrogen and oxygen atoms in total. The van der Waals surface area contributed by atoms with Crippen LogP contribution in [0.3, 0.4) is 0 Å². The van der Waals surface area contributed by atoms with Crippen LogP contribution in [0.4, 0.5) is 0 Å². The molecule has 0 aliphatic heterocycles. The Hall–Kier alpha value is -1.23. The summed E-state index contributed by atoms with van der Waals surface area (Å²) in [4.78, 5) is 11.7. The highest BCUT2D eigenvalue weighted by Gasteiger charge is 2.31. The third-order valence-electron chi connectivity index (χ3n) is 2.35. The summed E-state index contributed by atoms with van der Waals surface area (Å²) in [6.07, 6.45) is 0. The second-order valence-corrected chi connectivity index (χ2v) is 3.64. The topological polar surface area (TPSA) is 66.8 Å². The van der Waals surface area contributed by atoms with Gasteiger partial charge in [-0.2, -0.15) is 0 Å². The summed E-state index contributed by atoms with van der Waals surface area (Å²) in [5.74, 6) is -0.424. The number of ether oxygens (including phenoxy) is 1. The lowest BCUT2D eigenvalue weighted by molar-refractivity contribution is -0.141. The number of aliphatic hydroxyl groups is 2. The highest BCUT2D eigenvalue weighted by Crippen LogP contribution is 2.21. The van der Waals surface area contributed by atoms with E-state index in [-0.39, 0.29) is 19.8 Å². The molecule has 1 unspecified atom stereocenters. The number of carbonyl (C=O) groups is 1. The average molecular weight is 224 g/mol. The summed E-state index contributed by atoms with van der Waals surface area (Å²) in [5.41, 5.74) is -1.01. The molecule has 0 radical (unpaired) electrons. The summed E-state index contributed by atoms with van der Waals surface area (Å²) in [6.45, 7) is 1.19. The molecular formula is C12H16O4. The molecule has 0 saturated heterocycles. The first-order chi connectivity index (χ1) is 7.59. The second kappa shape index (κ2) is 5.75. The van der Waals surface area contributed by atoms with E-state index < -0.39 is 11.4 Å². The molecule has 2 N–H and O–H groups in total. The molecule has 16 heavy (non-hydrogen) atoms. The van der Waals surface area contributed by atoms with Crippen LogP contribution in [-0.4, -0.2) is 35.8 Å². The largest absolute Gasteiger partial charge is 0.394 e. The summed E-state index contributed by atoms with van der Waals surface area (Å²) >= 11 is 0. The van der Waals surface area contributed by atoms with Crippen LogP contribution < -0.4 is 0 Å². The standard InChI is InChI=1S/C12H16O4/c1-12(15,10-5-3-2-4-6-10)11(14)9-16-8-7-13/h2-6,13,15H,7-9H2,1H3. The van der Waals surface area contributed by atoms with E-state index in [9.17, 15) is 9.90 Å². The lowest BCUT2D eigenvalue weighted by Crippen LogP contribution is -2.35. The third-order valence-corrected chi connectivity index (χ3v) is 2.35.